The van der Waals surface area contributed by atoms with E-state index in [9.17, 15) is 17.6 Å². The highest BCUT2D eigenvalue weighted by Gasteiger charge is 2.33. The van der Waals surface area contributed by atoms with Crippen molar-refractivity contribution in [2.45, 2.75) is 17.7 Å². The van der Waals surface area contributed by atoms with Crippen LogP contribution in [0.15, 0.2) is 47.4 Å². The Morgan fingerprint density at radius 3 is 2.52 bits per heavy atom. The molecule has 1 heterocycles. The van der Waals surface area contributed by atoms with Gasteiger partial charge in [0.2, 0.25) is 15.9 Å². The summed E-state index contributed by atoms with van der Waals surface area (Å²) in [6.07, 6.45) is 1.11. The van der Waals surface area contributed by atoms with Crippen molar-refractivity contribution < 1.29 is 17.6 Å². The average Bonchev–Trinajstić information content (AvgIpc) is 2.64. The molecule has 3 rings (SSSR count). The van der Waals surface area contributed by atoms with E-state index in [-0.39, 0.29) is 17.3 Å². The molecule has 144 valence electrons. The van der Waals surface area contributed by atoms with Gasteiger partial charge in [-0.3, -0.25) is 4.79 Å². The number of carbonyl (C=O) groups is 1. The summed E-state index contributed by atoms with van der Waals surface area (Å²) < 4.78 is 39.8. The van der Waals surface area contributed by atoms with E-state index in [0.717, 1.165) is 12.1 Å². The molecule has 0 saturated carbocycles. The molecule has 2 aromatic carbocycles. The second-order valence-electron chi connectivity index (χ2n) is 6.27. The molecule has 1 fully saturated rings. The van der Waals surface area contributed by atoms with E-state index >= 15 is 0 Å². The number of nitrogens with zero attached hydrogens (tertiary/aromatic N) is 1. The zero-order valence-electron chi connectivity index (χ0n) is 14.2. The van der Waals surface area contributed by atoms with Crippen LogP contribution in [-0.4, -0.2) is 31.7 Å². The molecule has 1 aliphatic heterocycles. The minimum atomic E-state index is -3.79. The lowest BCUT2D eigenvalue weighted by molar-refractivity contribution is -0.120. The summed E-state index contributed by atoms with van der Waals surface area (Å²) in [4.78, 5) is 12.6. The maximum absolute atomic E-state index is 13.1. The monoisotopic (exact) mass is 430 g/mol. The molecule has 0 bridgehead atoms. The maximum atomic E-state index is 13.1. The number of anilines is 1. The quantitative estimate of drug-likeness (QED) is 0.790. The number of rotatable bonds is 4. The largest absolute Gasteiger partial charge is 0.324 e. The van der Waals surface area contributed by atoms with Gasteiger partial charge in [-0.05, 0) is 55.3 Å². The number of nitrogens with one attached hydrogen (secondary N) is 1. The van der Waals surface area contributed by atoms with Gasteiger partial charge in [0.25, 0.3) is 0 Å². The number of halogens is 3. The highest BCUT2D eigenvalue weighted by atomic mass is 35.5. The van der Waals surface area contributed by atoms with Crippen molar-refractivity contribution in [2.75, 3.05) is 18.4 Å². The first-order valence-electron chi connectivity index (χ1n) is 8.29. The van der Waals surface area contributed by atoms with Gasteiger partial charge in [0.05, 0.1) is 21.5 Å². The molecule has 1 atom stereocenters. The number of amides is 1. The van der Waals surface area contributed by atoms with Gasteiger partial charge in [0.15, 0.2) is 0 Å². The third-order valence-corrected chi connectivity index (χ3v) is 6.82. The first-order valence-corrected chi connectivity index (χ1v) is 10.5. The van der Waals surface area contributed by atoms with Crippen molar-refractivity contribution in [3.63, 3.8) is 0 Å². The molecule has 0 spiro atoms. The predicted octanol–water partition coefficient (Wildman–Crippen LogP) is 4.17. The Kier molecular flexibility index (Phi) is 6.05. The Bertz CT molecular complexity index is 952. The smallest absolute Gasteiger partial charge is 0.243 e. The van der Waals surface area contributed by atoms with Crippen LogP contribution in [0.1, 0.15) is 12.8 Å². The molecule has 0 unspecified atom stereocenters. The Morgan fingerprint density at radius 2 is 1.85 bits per heavy atom. The first kappa shape index (κ1) is 20.1. The fourth-order valence-corrected chi connectivity index (χ4v) is 4.94. The van der Waals surface area contributed by atoms with Crippen molar-refractivity contribution in [3.05, 3.63) is 58.3 Å². The molecule has 1 N–H and O–H groups in total. The van der Waals surface area contributed by atoms with E-state index in [1.807, 2.05) is 0 Å². The molecule has 0 radical (unpaired) electrons. The molecule has 1 saturated heterocycles. The minimum Gasteiger partial charge on any atom is -0.324 e. The summed E-state index contributed by atoms with van der Waals surface area (Å²) in [6, 6.07) is 9.37. The predicted molar refractivity (Wildman–Crippen MR) is 103 cm³/mol. The Balaban J connectivity index is 1.73. The first-order chi connectivity index (χ1) is 12.8. The summed E-state index contributed by atoms with van der Waals surface area (Å²) >= 11 is 11.9. The summed E-state index contributed by atoms with van der Waals surface area (Å²) in [5.41, 5.74) is 0.421. The van der Waals surface area contributed by atoms with Gasteiger partial charge in [-0.15, -0.1) is 0 Å². The van der Waals surface area contributed by atoms with Crippen LogP contribution in [-0.2, 0) is 14.8 Å². The molecule has 0 aromatic heterocycles. The number of hydrogen-bond acceptors (Lipinski definition) is 3. The Morgan fingerprint density at radius 1 is 1.15 bits per heavy atom. The Hall–Kier alpha value is -1.67. The van der Waals surface area contributed by atoms with Crippen LogP contribution >= 0.6 is 23.2 Å². The van der Waals surface area contributed by atoms with Crippen molar-refractivity contribution >= 4 is 44.8 Å². The van der Waals surface area contributed by atoms with Crippen LogP contribution in [0.5, 0.6) is 0 Å². The third kappa shape index (κ3) is 4.60. The lowest BCUT2D eigenvalue weighted by Gasteiger charge is -2.31. The van der Waals surface area contributed by atoms with Crippen LogP contribution in [0.25, 0.3) is 0 Å². The molecule has 5 nitrogen and oxygen atoms in total. The van der Waals surface area contributed by atoms with Crippen LogP contribution in [0, 0.1) is 11.7 Å². The molecule has 1 aliphatic rings. The van der Waals surface area contributed by atoms with Crippen molar-refractivity contribution in [2.24, 2.45) is 5.92 Å². The van der Waals surface area contributed by atoms with E-state index in [4.69, 9.17) is 23.2 Å². The standard InChI is InChI=1S/C18H17Cl2FN2O3S/c19-13-3-8-17(16(20)10-13)22-18(24)12-2-1-9-23(11-12)27(25,26)15-6-4-14(21)5-7-15/h3-8,10,12H,1-2,9,11H2,(H,22,24)/t12-/m0/s1. The van der Waals surface area contributed by atoms with Crippen LogP contribution in [0.2, 0.25) is 10.0 Å². The number of piperidine rings is 1. The van der Waals surface area contributed by atoms with Gasteiger partial charge in [0, 0.05) is 18.1 Å². The van der Waals surface area contributed by atoms with Crippen molar-refractivity contribution in [1.29, 1.82) is 0 Å². The second-order valence-corrected chi connectivity index (χ2v) is 9.05. The SMILES string of the molecule is O=C(Nc1ccc(Cl)cc1Cl)[C@H]1CCCN(S(=O)(=O)c2ccc(F)cc2)C1. The third-order valence-electron chi connectivity index (χ3n) is 4.40. The normalized spacial score (nSPS) is 18.3. The molecular formula is C18H17Cl2FN2O3S. The highest BCUT2D eigenvalue weighted by molar-refractivity contribution is 7.89. The fraction of sp³-hybridized carbons (Fsp3) is 0.278. The summed E-state index contributed by atoms with van der Waals surface area (Å²) in [5.74, 6) is -1.33. The maximum Gasteiger partial charge on any atom is 0.243 e. The zero-order valence-corrected chi connectivity index (χ0v) is 16.5. The van der Waals surface area contributed by atoms with E-state index < -0.39 is 21.8 Å². The van der Waals surface area contributed by atoms with Crippen LogP contribution < -0.4 is 5.32 Å². The van der Waals surface area contributed by atoms with Crippen LogP contribution in [0.3, 0.4) is 0 Å². The molecule has 1 amide bonds. The number of sulfonamides is 1. The van der Waals surface area contributed by atoms with Crippen molar-refractivity contribution in [1.82, 2.24) is 4.31 Å². The fourth-order valence-electron chi connectivity index (χ4n) is 2.96. The lowest BCUT2D eigenvalue weighted by atomic mass is 9.99. The molecular weight excluding hydrogens is 414 g/mol. The zero-order chi connectivity index (χ0) is 19.6. The molecule has 2 aromatic rings. The van der Waals surface area contributed by atoms with Gasteiger partial charge in [-0.1, -0.05) is 23.2 Å². The van der Waals surface area contributed by atoms with Gasteiger partial charge < -0.3 is 5.32 Å². The molecule has 9 heteroatoms. The van der Waals surface area contributed by atoms with Gasteiger partial charge >= 0.3 is 0 Å². The van der Waals surface area contributed by atoms with E-state index in [1.165, 1.54) is 22.5 Å². The number of benzene rings is 2. The van der Waals surface area contributed by atoms with E-state index in [0.29, 0.717) is 35.1 Å². The summed E-state index contributed by atoms with van der Waals surface area (Å²) in [5, 5.41) is 3.48. The topological polar surface area (TPSA) is 66.5 Å². The minimum absolute atomic E-state index is 0.00528. The van der Waals surface area contributed by atoms with E-state index in [1.54, 1.807) is 12.1 Å². The van der Waals surface area contributed by atoms with Gasteiger partial charge in [-0.2, -0.15) is 4.31 Å². The molecule has 0 aliphatic carbocycles. The average molecular weight is 431 g/mol. The van der Waals surface area contributed by atoms with Crippen molar-refractivity contribution in [3.8, 4) is 0 Å². The van der Waals surface area contributed by atoms with Crippen LogP contribution in [0.4, 0.5) is 10.1 Å². The lowest BCUT2D eigenvalue weighted by Crippen LogP contribution is -2.43. The second kappa shape index (κ2) is 8.14. The summed E-state index contributed by atoms with van der Waals surface area (Å²) in [7, 11) is -3.79. The van der Waals surface area contributed by atoms with Gasteiger partial charge in [0.1, 0.15) is 5.82 Å². The van der Waals surface area contributed by atoms with E-state index in [2.05, 4.69) is 5.32 Å². The molecule has 27 heavy (non-hydrogen) atoms. The van der Waals surface area contributed by atoms with Gasteiger partial charge in [-0.25, -0.2) is 12.8 Å². The number of hydrogen-bond donors (Lipinski definition) is 1. The highest BCUT2D eigenvalue weighted by Crippen LogP contribution is 2.28. The Labute approximate surface area is 167 Å². The summed E-state index contributed by atoms with van der Waals surface area (Å²) in [6.45, 7) is 0.363. The number of carbonyl (C=O) groups excluding carboxylic acids is 1.